The molecule has 6 rings (SSSR count). The van der Waals surface area contributed by atoms with Gasteiger partial charge in [-0.15, -0.1) is 0 Å². The molecule has 246 valence electrons. The minimum atomic E-state index is -0.271. The van der Waals surface area contributed by atoms with Crippen molar-refractivity contribution in [3.8, 4) is 11.8 Å². The van der Waals surface area contributed by atoms with Crippen LogP contribution in [0.1, 0.15) is 102 Å². The highest BCUT2D eigenvalue weighted by Crippen LogP contribution is 2.32. The van der Waals surface area contributed by atoms with Crippen LogP contribution in [-0.2, 0) is 13.1 Å². The van der Waals surface area contributed by atoms with Crippen LogP contribution in [0.15, 0.2) is 79.8 Å². The summed E-state index contributed by atoms with van der Waals surface area (Å²) in [5.41, 5.74) is 0.434. The molecule has 0 saturated carbocycles. The first-order valence-electron chi connectivity index (χ1n) is 17.8. The summed E-state index contributed by atoms with van der Waals surface area (Å²) in [6, 6.07) is 18.8. The summed E-state index contributed by atoms with van der Waals surface area (Å²) in [5, 5.41) is 4.59. The fourth-order valence-corrected chi connectivity index (χ4v) is 6.99. The number of benzene rings is 4. The molecule has 48 heavy (non-hydrogen) atoms. The van der Waals surface area contributed by atoms with Gasteiger partial charge in [0.1, 0.15) is 0 Å². The van der Waals surface area contributed by atoms with Crippen LogP contribution < -0.4 is 22.2 Å². The van der Waals surface area contributed by atoms with Gasteiger partial charge < -0.3 is 0 Å². The topological polar surface area (TPSA) is 78.1 Å². The molecule has 0 saturated heterocycles. The lowest BCUT2D eigenvalue weighted by Crippen LogP contribution is -2.25. The highest BCUT2D eigenvalue weighted by molar-refractivity contribution is 6.12. The van der Waals surface area contributed by atoms with Crippen molar-refractivity contribution >= 4 is 43.1 Å². The number of aromatic nitrogens is 2. The smallest absolute Gasteiger partial charge is 0.261 e. The molecule has 4 aromatic carbocycles. The van der Waals surface area contributed by atoms with E-state index in [-0.39, 0.29) is 22.2 Å². The van der Waals surface area contributed by atoms with Gasteiger partial charge in [-0.3, -0.25) is 28.3 Å². The average Bonchev–Trinajstić information content (AvgIpc) is 3.47. The van der Waals surface area contributed by atoms with Gasteiger partial charge in [0.05, 0.1) is 21.5 Å². The van der Waals surface area contributed by atoms with Gasteiger partial charge in [0.15, 0.2) is 0 Å². The van der Waals surface area contributed by atoms with Crippen LogP contribution in [-0.4, -0.2) is 9.13 Å². The van der Waals surface area contributed by atoms with Crippen molar-refractivity contribution < 1.29 is 0 Å². The van der Waals surface area contributed by atoms with Crippen LogP contribution >= 0.6 is 0 Å². The summed E-state index contributed by atoms with van der Waals surface area (Å²) in [7, 11) is 0. The number of hydrogen-bond acceptors (Lipinski definition) is 4. The number of nitrogens with zero attached hydrogens (tertiary/aromatic N) is 2. The lowest BCUT2D eigenvalue weighted by Gasteiger charge is -2.08. The zero-order valence-corrected chi connectivity index (χ0v) is 28.2. The van der Waals surface area contributed by atoms with Crippen LogP contribution in [0.3, 0.4) is 0 Å². The van der Waals surface area contributed by atoms with Gasteiger partial charge in [-0.2, -0.15) is 0 Å². The van der Waals surface area contributed by atoms with E-state index in [0.717, 1.165) is 65.6 Å². The molecule has 0 fully saturated rings. The summed E-state index contributed by atoms with van der Waals surface area (Å²) >= 11 is 0. The largest absolute Gasteiger partial charge is 0.274 e. The Morgan fingerprint density at radius 2 is 0.875 bits per heavy atom. The van der Waals surface area contributed by atoms with Crippen LogP contribution in [0.2, 0.25) is 0 Å². The van der Waals surface area contributed by atoms with Gasteiger partial charge in [-0.1, -0.05) is 108 Å². The van der Waals surface area contributed by atoms with E-state index >= 15 is 0 Å². The third-order valence-corrected chi connectivity index (χ3v) is 9.71. The molecule has 6 nitrogen and oxygen atoms in total. The molecule has 0 unspecified atom stereocenters. The van der Waals surface area contributed by atoms with E-state index in [2.05, 4.69) is 25.7 Å². The second kappa shape index (κ2) is 15.0. The van der Waals surface area contributed by atoms with E-state index < -0.39 is 0 Å². The molecule has 0 spiro atoms. The Kier molecular flexibility index (Phi) is 10.3. The third-order valence-electron chi connectivity index (χ3n) is 9.71. The standard InChI is InChI=1S/C42H44N2O4/c1-3-5-7-9-11-16-22-43-39(45)35-25-30-24-31-26-36-38(42(48)44(40(36)46)23-17-12-10-8-6-4-2)28-34(31)32(33(30)27-37(35)41(43)47)21-20-29-18-14-13-15-19-29/h13-15,18-19,24-28H,3-12,16-17,22-23H2,1-2H3. The predicted molar refractivity (Wildman–Crippen MR) is 199 cm³/mol. The molecular formula is C42H44N2O4. The van der Waals surface area contributed by atoms with Gasteiger partial charge in [0.25, 0.3) is 22.2 Å². The number of hydrogen-bond donors (Lipinski definition) is 0. The van der Waals surface area contributed by atoms with E-state index in [1.165, 1.54) is 47.7 Å². The van der Waals surface area contributed by atoms with Crippen molar-refractivity contribution in [3.63, 3.8) is 0 Å². The minimum absolute atomic E-state index is 0.262. The number of rotatable bonds is 14. The zero-order chi connectivity index (χ0) is 33.6. The lowest BCUT2D eigenvalue weighted by atomic mass is 9.94. The van der Waals surface area contributed by atoms with E-state index in [1.54, 1.807) is 24.3 Å². The van der Waals surface area contributed by atoms with Crippen molar-refractivity contribution in [2.75, 3.05) is 0 Å². The Labute approximate surface area is 280 Å². The van der Waals surface area contributed by atoms with Gasteiger partial charge in [-0.25, -0.2) is 0 Å². The van der Waals surface area contributed by atoms with Crippen molar-refractivity contribution in [3.05, 3.63) is 113 Å². The Morgan fingerprint density at radius 3 is 1.33 bits per heavy atom. The fourth-order valence-electron chi connectivity index (χ4n) is 6.99. The van der Waals surface area contributed by atoms with E-state index in [1.807, 2.05) is 36.4 Å². The Morgan fingerprint density at radius 1 is 0.458 bits per heavy atom. The first-order valence-corrected chi connectivity index (χ1v) is 17.8. The monoisotopic (exact) mass is 640 g/mol. The van der Waals surface area contributed by atoms with Crippen molar-refractivity contribution in [2.24, 2.45) is 0 Å². The molecule has 6 aromatic rings. The first kappa shape index (κ1) is 33.2. The molecule has 0 atom stereocenters. The molecule has 2 heterocycles. The second-order valence-electron chi connectivity index (χ2n) is 13.2. The van der Waals surface area contributed by atoms with Crippen molar-refractivity contribution in [1.29, 1.82) is 0 Å². The van der Waals surface area contributed by atoms with Gasteiger partial charge in [0, 0.05) is 24.2 Å². The Balaban J connectivity index is 1.47. The fraction of sp³-hybridized carbons (Fsp3) is 0.381. The minimum Gasteiger partial charge on any atom is -0.274 e. The molecule has 0 aliphatic rings. The quantitative estimate of drug-likeness (QED) is 0.0681. The lowest BCUT2D eigenvalue weighted by molar-refractivity contribution is 0.547. The van der Waals surface area contributed by atoms with Crippen LogP contribution in [0.5, 0.6) is 0 Å². The first-order chi connectivity index (χ1) is 23.4. The number of fused-ring (bicyclic) bond motifs is 4. The number of unbranched alkanes of at least 4 members (excludes halogenated alkanes) is 10. The molecule has 6 heteroatoms. The van der Waals surface area contributed by atoms with Gasteiger partial charge >= 0.3 is 0 Å². The molecule has 0 aliphatic carbocycles. The summed E-state index contributed by atoms with van der Waals surface area (Å²) in [5.74, 6) is 6.61. The Bertz CT molecular complexity index is 2220. The predicted octanol–water partition coefficient (Wildman–Crippen LogP) is 8.34. The molecule has 0 bridgehead atoms. The summed E-state index contributed by atoms with van der Waals surface area (Å²) in [4.78, 5) is 54.2. The summed E-state index contributed by atoms with van der Waals surface area (Å²) < 4.78 is 2.76. The van der Waals surface area contributed by atoms with Crippen LogP contribution in [0.4, 0.5) is 0 Å². The van der Waals surface area contributed by atoms with Gasteiger partial charge in [0.2, 0.25) is 0 Å². The molecule has 0 radical (unpaired) electrons. The van der Waals surface area contributed by atoms with E-state index in [9.17, 15) is 19.2 Å². The maximum absolute atomic E-state index is 13.6. The summed E-state index contributed by atoms with van der Waals surface area (Å²) in [6.07, 6.45) is 12.8. The summed E-state index contributed by atoms with van der Waals surface area (Å²) in [6.45, 7) is 5.18. The van der Waals surface area contributed by atoms with Crippen molar-refractivity contribution in [1.82, 2.24) is 9.13 Å². The molecule has 0 aliphatic heterocycles. The van der Waals surface area contributed by atoms with Gasteiger partial charge in [-0.05, 0) is 76.9 Å². The van der Waals surface area contributed by atoms with Crippen molar-refractivity contribution in [2.45, 2.75) is 104 Å². The highest BCUT2D eigenvalue weighted by atomic mass is 16.2. The Hall–Kier alpha value is -4.76. The average molecular weight is 641 g/mol. The molecule has 0 amide bonds. The zero-order valence-electron chi connectivity index (χ0n) is 28.2. The maximum Gasteiger partial charge on any atom is 0.261 e. The maximum atomic E-state index is 13.6. The van der Waals surface area contributed by atoms with Crippen LogP contribution in [0, 0.1) is 11.8 Å². The molecule has 2 aromatic heterocycles. The molecular weight excluding hydrogens is 596 g/mol. The highest BCUT2D eigenvalue weighted by Gasteiger charge is 2.19. The second-order valence-corrected chi connectivity index (χ2v) is 13.2. The SMILES string of the molecule is CCCCCCCCn1c(=O)c2cc3cc4cc5c(=O)n(CCCCCCCC)c(=O)c5cc4c(C#Cc4ccccc4)c3cc2c1=O. The third kappa shape index (κ3) is 6.65. The van der Waals surface area contributed by atoms with E-state index in [0.29, 0.717) is 40.2 Å². The normalized spacial score (nSPS) is 11.6. The van der Waals surface area contributed by atoms with Crippen LogP contribution in [0.25, 0.3) is 43.1 Å². The van der Waals surface area contributed by atoms with E-state index in [4.69, 9.17) is 0 Å². The molecule has 0 N–H and O–H groups in total.